The first-order valence-corrected chi connectivity index (χ1v) is 7.27. The minimum absolute atomic E-state index is 0.0137. The van der Waals surface area contributed by atoms with E-state index in [0.717, 1.165) is 36.3 Å². The fourth-order valence-electron chi connectivity index (χ4n) is 3.21. The Morgan fingerprint density at radius 1 is 1.05 bits per heavy atom. The van der Waals surface area contributed by atoms with Crippen molar-refractivity contribution in [2.75, 3.05) is 13.2 Å². The summed E-state index contributed by atoms with van der Waals surface area (Å²) in [7, 11) is 0. The van der Waals surface area contributed by atoms with Crippen LogP contribution in [0.15, 0.2) is 18.2 Å². The van der Waals surface area contributed by atoms with Gasteiger partial charge in [0.05, 0.1) is 19.3 Å². The minimum Gasteiger partial charge on any atom is -0.490 e. The fraction of sp³-hybridized carbons (Fsp3) is 0.625. The molecule has 1 aromatic carbocycles. The molecule has 1 aliphatic heterocycles. The highest BCUT2D eigenvalue weighted by atomic mass is 16.5. The van der Waals surface area contributed by atoms with E-state index in [0.29, 0.717) is 13.2 Å². The van der Waals surface area contributed by atoms with Crippen LogP contribution in [-0.4, -0.2) is 18.3 Å². The van der Waals surface area contributed by atoms with Crippen molar-refractivity contribution in [3.05, 3.63) is 23.8 Å². The van der Waals surface area contributed by atoms with E-state index in [2.05, 4.69) is 6.92 Å². The van der Waals surface area contributed by atoms with E-state index < -0.39 is 6.10 Å². The van der Waals surface area contributed by atoms with Crippen molar-refractivity contribution in [1.82, 2.24) is 0 Å². The van der Waals surface area contributed by atoms with Crippen LogP contribution in [0.25, 0.3) is 0 Å². The van der Waals surface area contributed by atoms with Gasteiger partial charge in [-0.05, 0) is 36.0 Å². The molecule has 1 aromatic rings. The highest BCUT2D eigenvalue weighted by Gasteiger charge is 2.37. The molecule has 2 aliphatic rings. The topological polar surface area (TPSA) is 38.7 Å². The Labute approximate surface area is 114 Å². The Balaban J connectivity index is 1.87. The van der Waals surface area contributed by atoms with Gasteiger partial charge in [-0.15, -0.1) is 0 Å². The van der Waals surface area contributed by atoms with Gasteiger partial charge in [0, 0.05) is 6.42 Å². The molecule has 1 unspecified atom stereocenters. The lowest BCUT2D eigenvalue weighted by atomic mass is 9.79. The zero-order valence-corrected chi connectivity index (χ0v) is 11.5. The maximum Gasteiger partial charge on any atom is 0.161 e. The van der Waals surface area contributed by atoms with Crippen LogP contribution in [0, 0.1) is 5.41 Å². The Morgan fingerprint density at radius 2 is 1.74 bits per heavy atom. The monoisotopic (exact) mass is 262 g/mol. The third-order valence-electron chi connectivity index (χ3n) is 4.49. The lowest BCUT2D eigenvalue weighted by molar-refractivity contribution is 0.0406. The summed E-state index contributed by atoms with van der Waals surface area (Å²) in [5.74, 6) is 1.57. The molecule has 0 aromatic heterocycles. The van der Waals surface area contributed by atoms with Gasteiger partial charge < -0.3 is 14.6 Å². The summed E-state index contributed by atoms with van der Waals surface area (Å²) in [6.07, 6.45) is 5.14. The van der Waals surface area contributed by atoms with Gasteiger partial charge in [-0.3, -0.25) is 0 Å². The molecule has 0 radical (unpaired) electrons. The molecule has 1 N–H and O–H groups in total. The van der Waals surface area contributed by atoms with Gasteiger partial charge in [0.1, 0.15) is 0 Å². The molecular formula is C16H22O3. The average molecular weight is 262 g/mol. The van der Waals surface area contributed by atoms with Gasteiger partial charge in [-0.2, -0.15) is 0 Å². The third-order valence-corrected chi connectivity index (χ3v) is 4.49. The average Bonchev–Trinajstić information content (AvgIpc) is 2.74. The summed E-state index contributed by atoms with van der Waals surface area (Å²) in [5, 5.41) is 10.7. The van der Waals surface area contributed by atoms with E-state index in [1.54, 1.807) is 0 Å². The zero-order valence-electron chi connectivity index (χ0n) is 11.5. The van der Waals surface area contributed by atoms with Crippen molar-refractivity contribution in [1.29, 1.82) is 0 Å². The first kappa shape index (κ1) is 12.8. The number of aliphatic hydroxyl groups excluding tert-OH is 1. The quantitative estimate of drug-likeness (QED) is 0.887. The molecule has 0 bridgehead atoms. The van der Waals surface area contributed by atoms with Crippen molar-refractivity contribution >= 4 is 0 Å². The van der Waals surface area contributed by atoms with Crippen LogP contribution in [0.3, 0.4) is 0 Å². The van der Waals surface area contributed by atoms with E-state index in [9.17, 15) is 5.11 Å². The van der Waals surface area contributed by atoms with Crippen molar-refractivity contribution in [3.63, 3.8) is 0 Å². The van der Waals surface area contributed by atoms with Crippen LogP contribution < -0.4 is 9.47 Å². The van der Waals surface area contributed by atoms with Crippen molar-refractivity contribution < 1.29 is 14.6 Å². The van der Waals surface area contributed by atoms with E-state index in [1.165, 1.54) is 12.8 Å². The predicted molar refractivity (Wildman–Crippen MR) is 73.6 cm³/mol. The van der Waals surface area contributed by atoms with Crippen LogP contribution in [0.5, 0.6) is 11.5 Å². The van der Waals surface area contributed by atoms with E-state index >= 15 is 0 Å². The van der Waals surface area contributed by atoms with Crippen molar-refractivity contribution in [2.45, 2.75) is 45.1 Å². The molecule has 1 saturated carbocycles. The number of fused-ring (bicyclic) bond motifs is 1. The second kappa shape index (κ2) is 5.04. The third kappa shape index (κ3) is 2.44. The van der Waals surface area contributed by atoms with Gasteiger partial charge in [-0.1, -0.05) is 25.8 Å². The Hall–Kier alpha value is -1.22. The van der Waals surface area contributed by atoms with E-state index in [4.69, 9.17) is 9.47 Å². The zero-order chi connectivity index (χ0) is 13.3. The second-order valence-electron chi connectivity index (χ2n) is 6.02. The molecule has 0 spiro atoms. The molecule has 1 heterocycles. The normalized spacial score (nSPS) is 22.8. The smallest absolute Gasteiger partial charge is 0.161 e. The van der Waals surface area contributed by atoms with Crippen molar-refractivity contribution in [2.24, 2.45) is 5.41 Å². The van der Waals surface area contributed by atoms with Crippen LogP contribution in [0.2, 0.25) is 0 Å². The standard InChI is InChI=1S/C16H22O3/c1-16(7-2-3-8-16)15(17)12-5-6-13-14(11-12)19-10-4-9-18-13/h5-6,11,15,17H,2-4,7-10H2,1H3. The largest absolute Gasteiger partial charge is 0.490 e. The molecule has 19 heavy (non-hydrogen) atoms. The molecular weight excluding hydrogens is 240 g/mol. The number of rotatable bonds is 2. The Bertz CT molecular complexity index is 449. The van der Waals surface area contributed by atoms with Gasteiger partial charge in [-0.25, -0.2) is 0 Å². The minimum atomic E-state index is -0.410. The second-order valence-corrected chi connectivity index (χ2v) is 6.02. The van der Waals surface area contributed by atoms with Crippen LogP contribution in [0.1, 0.15) is 50.7 Å². The highest BCUT2D eigenvalue weighted by Crippen LogP contribution is 2.48. The van der Waals surface area contributed by atoms with E-state index in [1.807, 2.05) is 18.2 Å². The summed E-state index contributed by atoms with van der Waals surface area (Å²) >= 11 is 0. The van der Waals surface area contributed by atoms with Crippen LogP contribution in [-0.2, 0) is 0 Å². The highest BCUT2D eigenvalue weighted by molar-refractivity contribution is 5.44. The van der Waals surface area contributed by atoms with Crippen LogP contribution in [0.4, 0.5) is 0 Å². The first-order chi connectivity index (χ1) is 9.19. The number of ether oxygens (including phenoxy) is 2. The number of benzene rings is 1. The Kier molecular flexibility index (Phi) is 3.40. The van der Waals surface area contributed by atoms with Gasteiger partial charge in [0.15, 0.2) is 11.5 Å². The van der Waals surface area contributed by atoms with Gasteiger partial charge in [0.25, 0.3) is 0 Å². The lowest BCUT2D eigenvalue weighted by Crippen LogP contribution is -2.22. The van der Waals surface area contributed by atoms with Crippen LogP contribution >= 0.6 is 0 Å². The number of hydrogen-bond acceptors (Lipinski definition) is 3. The number of aliphatic hydroxyl groups is 1. The summed E-state index contributed by atoms with van der Waals surface area (Å²) in [5.41, 5.74) is 0.966. The molecule has 3 nitrogen and oxygen atoms in total. The molecule has 0 amide bonds. The van der Waals surface area contributed by atoms with Crippen molar-refractivity contribution in [3.8, 4) is 11.5 Å². The number of hydrogen-bond donors (Lipinski definition) is 1. The predicted octanol–water partition coefficient (Wildman–Crippen LogP) is 3.46. The molecule has 1 atom stereocenters. The maximum absolute atomic E-state index is 10.7. The SMILES string of the molecule is CC1(C(O)c2ccc3c(c2)OCCCO3)CCCC1. The van der Waals surface area contributed by atoms with E-state index in [-0.39, 0.29) is 5.41 Å². The Morgan fingerprint density at radius 3 is 2.47 bits per heavy atom. The summed E-state index contributed by atoms with van der Waals surface area (Å²) in [4.78, 5) is 0. The lowest BCUT2D eigenvalue weighted by Gasteiger charge is -2.30. The summed E-state index contributed by atoms with van der Waals surface area (Å²) < 4.78 is 11.3. The summed E-state index contributed by atoms with van der Waals surface area (Å²) in [6, 6.07) is 5.86. The molecule has 1 aliphatic carbocycles. The molecule has 0 saturated heterocycles. The first-order valence-electron chi connectivity index (χ1n) is 7.27. The summed E-state index contributed by atoms with van der Waals surface area (Å²) in [6.45, 7) is 3.57. The molecule has 1 fully saturated rings. The molecule has 3 heteroatoms. The van der Waals surface area contributed by atoms with Gasteiger partial charge in [0.2, 0.25) is 0 Å². The molecule has 3 rings (SSSR count). The van der Waals surface area contributed by atoms with Gasteiger partial charge >= 0.3 is 0 Å². The fourth-order valence-corrected chi connectivity index (χ4v) is 3.21. The molecule has 104 valence electrons. The maximum atomic E-state index is 10.7.